The van der Waals surface area contributed by atoms with Gasteiger partial charge in [-0.3, -0.25) is 4.79 Å². The molecule has 0 bridgehead atoms. The van der Waals surface area contributed by atoms with Crippen LogP contribution in [0, 0.1) is 11.8 Å². The molecule has 1 unspecified atom stereocenters. The molecule has 3 N–H and O–H groups in total. The molecule has 2 aliphatic rings. The number of hydrogen-bond donors (Lipinski definition) is 2. The summed E-state index contributed by atoms with van der Waals surface area (Å²) in [6, 6.07) is 0.544. The maximum Gasteiger partial charge on any atom is 0.220 e. The number of amides is 1. The van der Waals surface area contributed by atoms with Crippen molar-refractivity contribution in [3.05, 3.63) is 0 Å². The lowest BCUT2D eigenvalue weighted by Gasteiger charge is -2.30. The molecule has 4 nitrogen and oxygen atoms in total. The normalized spacial score (nSPS) is 28.7. The van der Waals surface area contributed by atoms with Crippen molar-refractivity contribution in [3.63, 3.8) is 0 Å². The van der Waals surface area contributed by atoms with E-state index in [9.17, 15) is 4.79 Å². The van der Waals surface area contributed by atoms with Gasteiger partial charge in [0.15, 0.2) is 0 Å². The first-order valence-electron chi connectivity index (χ1n) is 7.83. The van der Waals surface area contributed by atoms with Gasteiger partial charge < -0.3 is 15.8 Å². The van der Waals surface area contributed by atoms with E-state index < -0.39 is 0 Å². The fraction of sp³-hybridized carbons (Fsp3) is 0.933. The minimum atomic E-state index is 0. The van der Waals surface area contributed by atoms with Crippen LogP contribution in [0.5, 0.6) is 0 Å². The van der Waals surface area contributed by atoms with Gasteiger partial charge in [-0.05, 0) is 43.9 Å². The summed E-state index contributed by atoms with van der Waals surface area (Å²) < 4.78 is 5.39. The molecule has 118 valence electrons. The molecule has 2 fully saturated rings. The highest BCUT2D eigenvalue weighted by Gasteiger charge is 2.28. The maximum atomic E-state index is 12.2. The Kier molecular flexibility index (Phi) is 7.85. The van der Waals surface area contributed by atoms with Crippen LogP contribution in [0.1, 0.15) is 51.9 Å². The lowest BCUT2D eigenvalue weighted by atomic mass is 9.89. The van der Waals surface area contributed by atoms with E-state index in [2.05, 4.69) is 12.2 Å². The predicted molar refractivity (Wildman–Crippen MR) is 82.9 cm³/mol. The molecule has 1 heterocycles. The molecule has 1 saturated heterocycles. The monoisotopic (exact) mass is 304 g/mol. The van der Waals surface area contributed by atoms with E-state index in [1.807, 2.05) is 0 Å². The minimum absolute atomic E-state index is 0. The minimum Gasteiger partial charge on any atom is -0.381 e. The van der Waals surface area contributed by atoms with Gasteiger partial charge >= 0.3 is 0 Å². The molecule has 1 aliphatic heterocycles. The Labute approximate surface area is 128 Å². The molecule has 3 atom stereocenters. The second-order valence-electron chi connectivity index (χ2n) is 6.09. The standard InChI is InChI=1S/C15H28N2O2.ClH/c1-2-14(11-6-8-19-9-7-11)17-15(18)10-12-4-3-5-13(12)16;/h11-14H,2-10,16H2,1H3,(H,17,18);1H/t12-,13+,14?;/m0./s1. The molecule has 0 aromatic heterocycles. The van der Waals surface area contributed by atoms with Crippen molar-refractivity contribution in [3.8, 4) is 0 Å². The number of nitrogens with one attached hydrogen (secondary N) is 1. The number of ether oxygens (including phenoxy) is 1. The second kappa shape index (κ2) is 8.85. The number of hydrogen-bond acceptors (Lipinski definition) is 3. The van der Waals surface area contributed by atoms with Gasteiger partial charge in [-0.25, -0.2) is 0 Å². The van der Waals surface area contributed by atoms with Crippen molar-refractivity contribution in [2.45, 2.75) is 64.0 Å². The molecular weight excluding hydrogens is 276 g/mol. The Morgan fingerprint density at radius 1 is 1.30 bits per heavy atom. The Hall–Kier alpha value is -0.320. The van der Waals surface area contributed by atoms with Gasteiger partial charge in [0.25, 0.3) is 0 Å². The van der Waals surface area contributed by atoms with Gasteiger partial charge in [-0.2, -0.15) is 0 Å². The first kappa shape index (κ1) is 17.7. The van der Waals surface area contributed by atoms with Gasteiger partial charge in [0.1, 0.15) is 0 Å². The second-order valence-corrected chi connectivity index (χ2v) is 6.09. The van der Waals surface area contributed by atoms with Crippen LogP contribution in [0.2, 0.25) is 0 Å². The highest BCUT2D eigenvalue weighted by Crippen LogP contribution is 2.27. The summed E-state index contributed by atoms with van der Waals surface area (Å²) in [5, 5.41) is 3.23. The zero-order valence-electron chi connectivity index (χ0n) is 12.5. The fourth-order valence-corrected chi connectivity index (χ4v) is 3.49. The number of carbonyl (C=O) groups is 1. The summed E-state index contributed by atoms with van der Waals surface area (Å²) in [6.07, 6.45) is 7.13. The first-order valence-corrected chi connectivity index (χ1v) is 7.83. The summed E-state index contributed by atoms with van der Waals surface area (Å²) in [4.78, 5) is 12.2. The van der Waals surface area contributed by atoms with Crippen LogP contribution in [0.3, 0.4) is 0 Å². The summed E-state index contributed by atoms with van der Waals surface area (Å²) in [5.41, 5.74) is 6.04. The van der Waals surface area contributed by atoms with Gasteiger partial charge in [0, 0.05) is 31.7 Å². The Morgan fingerprint density at radius 2 is 2.00 bits per heavy atom. The van der Waals surface area contributed by atoms with Crippen molar-refractivity contribution in [2.24, 2.45) is 17.6 Å². The Morgan fingerprint density at radius 3 is 2.55 bits per heavy atom. The van der Waals surface area contributed by atoms with Crippen molar-refractivity contribution in [1.82, 2.24) is 5.32 Å². The van der Waals surface area contributed by atoms with Crippen LogP contribution in [0.4, 0.5) is 0 Å². The molecule has 1 amide bonds. The average molecular weight is 305 g/mol. The summed E-state index contributed by atoms with van der Waals surface area (Å²) >= 11 is 0. The van der Waals surface area contributed by atoms with E-state index in [0.717, 1.165) is 45.3 Å². The fourth-order valence-electron chi connectivity index (χ4n) is 3.49. The molecule has 0 aromatic carbocycles. The highest BCUT2D eigenvalue weighted by molar-refractivity contribution is 5.85. The average Bonchev–Trinajstić information content (AvgIpc) is 2.82. The molecule has 2 rings (SSSR count). The number of nitrogens with two attached hydrogens (primary N) is 1. The van der Waals surface area contributed by atoms with Crippen molar-refractivity contribution in [1.29, 1.82) is 0 Å². The third-order valence-corrected chi connectivity index (χ3v) is 4.79. The molecule has 5 heteroatoms. The lowest BCUT2D eigenvalue weighted by Crippen LogP contribution is -2.43. The van der Waals surface area contributed by atoms with E-state index >= 15 is 0 Å². The molecule has 1 saturated carbocycles. The van der Waals surface area contributed by atoms with Gasteiger partial charge in [0.2, 0.25) is 5.91 Å². The van der Waals surface area contributed by atoms with Crippen LogP contribution in [0.25, 0.3) is 0 Å². The lowest BCUT2D eigenvalue weighted by molar-refractivity contribution is -0.123. The van der Waals surface area contributed by atoms with Gasteiger partial charge in [0.05, 0.1) is 0 Å². The quantitative estimate of drug-likeness (QED) is 0.819. The zero-order valence-corrected chi connectivity index (χ0v) is 13.3. The highest BCUT2D eigenvalue weighted by atomic mass is 35.5. The molecule has 20 heavy (non-hydrogen) atoms. The van der Waals surface area contributed by atoms with Crippen molar-refractivity contribution < 1.29 is 9.53 Å². The smallest absolute Gasteiger partial charge is 0.220 e. The molecule has 0 spiro atoms. The number of carbonyl (C=O) groups excluding carboxylic acids is 1. The summed E-state index contributed by atoms with van der Waals surface area (Å²) in [6.45, 7) is 3.83. The van der Waals surface area contributed by atoms with E-state index in [1.54, 1.807) is 0 Å². The summed E-state index contributed by atoms with van der Waals surface area (Å²) in [7, 11) is 0. The van der Waals surface area contributed by atoms with Crippen LogP contribution >= 0.6 is 12.4 Å². The van der Waals surface area contributed by atoms with Crippen molar-refractivity contribution >= 4 is 18.3 Å². The topological polar surface area (TPSA) is 64.4 Å². The van der Waals surface area contributed by atoms with E-state index in [0.29, 0.717) is 24.3 Å². The Balaban J connectivity index is 0.00000200. The van der Waals surface area contributed by atoms with E-state index in [1.165, 1.54) is 6.42 Å². The number of halogens is 1. The van der Waals surface area contributed by atoms with E-state index in [-0.39, 0.29) is 24.4 Å². The van der Waals surface area contributed by atoms with Crippen LogP contribution in [-0.2, 0) is 9.53 Å². The first-order chi connectivity index (χ1) is 9.20. The Bertz CT molecular complexity index is 296. The number of rotatable bonds is 5. The maximum absolute atomic E-state index is 12.2. The third kappa shape index (κ3) is 4.90. The molecule has 0 radical (unpaired) electrons. The SMILES string of the molecule is CCC(NC(=O)C[C@@H]1CCC[C@H]1N)C1CCOCC1.Cl. The predicted octanol–water partition coefficient (Wildman–Crippen LogP) is 2.25. The third-order valence-electron chi connectivity index (χ3n) is 4.79. The zero-order chi connectivity index (χ0) is 13.7. The molecule has 1 aliphatic carbocycles. The van der Waals surface area contributed by atoms with Crippen LogP contribution in [-0.4, -0.2) is 31.2 Å². The molecule has 0 aromatic rings. The van der Waals surface area contributed by atoms with Crippen LogP contribution in [0.15, 0.2) is 0 Å². The van der Waals surface area contributed by atoms with E-state index in [4.69, 9.17) is 10.5 Å². The molecular formula is C15H29ClN2O2. The summed E-state index contributed by atoms with van der Waals surface area (Å²) in [5.74, 6) is 1.17. The largest absolute Gasteiger partial charge is 0.381 e. The van der Waals surface area contributed by atoms with Crippen molar-refractivity contribution in [2.75, 3.05) is 13.2 Å². The van der Waals surface area contributed by atoms with Crippen LogP contribution < -0.4 is 11.1 Å². The van der Waals surface area contributed by atoms with Gasteiger partial charge in [-0.15, -0.1) is 12.4 Å². The van der Waals surface area contributed by atoms with Gasteiger partial charge in [-0.1, -0.05) is 13.3 Å².